The molecule has 9 heteroatoms. The fourth-order valence-electron chi connectivity index (χ4n) is 2.98. The standard InChI is InChI=1S/C16H20N4O3.C9H10O2/c1-23-10-13(20-14(21)8-17)16(22)19-9-12-5-2-4-11-6-3-7-18-15(11)12;1-8(10)11-7-9-5-3-2-4-6-9/h2-7,13H,8-10,17H2,1H3,(H,19,22)(H,20,21);2-6H,7H2,1H3. The van der Waals surface area contributed by atoms with Gasteiger partial charge in [-0.25, -0.2) is 0 Å². The first kappa shape index (κ1) is 26.4. The van der Waals surface area contributed by atoms with Crippen molar-refractivity contribution in [3.05, 3.63) is 78.0 Å². The fraction of sp³-hybridized carbons (Fsp3) is 0.280. The number of hydrogen-bond acceptors (Lipinski definition) is 7. The van der Waals surface area contributed by atoms with Gasteiger partial charge in [0.15, 0.2) is 0 Å². The molecule has 0 radical (unpaired) electrons. The van der Waals surface area contributed by atoms with Crippen molar-refractivity contribution in [1.82, 2.24) is 15.6 Å². The van der Waals surface area contributed by atoms with Crippen LogP contribution >= 0.6 is 0 Å². The van der Waals surface area contributed by atoms with Crippen molar-refractivity contribution < 1.29 is 23.9 Å². The predicted molar refractivity (Wildman–Crippen MR) is 128 cm³/mol. The number of esters is 1. The van der Waals surface area contributed by atoms with Crippen LogP contribution in [-0.2, 0) is 37.0 Å². The lowest BCUT2D eigenvalue weighted by atomic mass is 10.1. The van der Waals surface area contributed by atoms with Crippen LogP contribution in [0.5, 0.6) is 0 Å². The Kier molecular flexibility index (Phi) is 11.2. The van der Waals surface area contributed by atoms with E-state index in [1.807, 2.05) is 60.7 Å². The number of ether oxygens (including phenoxy) is 2. The van der Waals surface area contributed by atoms with Crippen molar-refractivity contribution in [2.75, 3.05) is 20.3 Å². The lowest BCUT2D eigenvalue weighted by Crippen LogP contribution is -2.50. The first-order chi connectivity index (χ1) is 16.4. The molecule has 1 unspecified atom stereocenters. The van der Waals surface area contributed by atoms with Gasteiger partial charge in [0.05, 0.1) is 18.7 Å². The molecule has 1 aromatic heterocycles. The second-order valence-corrected chi connectivity index (χ2v) is 7.26. The van der Waals surface area contributed by atoms with Gasteiger partial charge in [-0.05, 0) is 17.2 Å². The van der Waals surface area contributed by atoms with Gasteiger partial charge in [-0.1, -0.05) is 54.6 Å². The molecule has 0 aliphatic heterocycles. The van der Waals surface area contributed by atoms with Crippen LogP contribution in [0.2, 0.25) is 0 Å². The van der Waals surface area contributed by atoms with E-state index in [0.29, 0.717) is 13.2 Å². The van der Waals surface area contributed by atoms with Gasteiger partial charge in [-0.3, -0.25) is 19.4 Å². The first-order valence-electron chi connectivity index (χ1n) is 10.7. The van der Waals surface area contributed by atoms with E-state index in [-0.39, 0.29) is 25.0 Å². The van der Waals surface area contributed by atoms with Crippen LogP contribution in [0.1, 0.15) is 18.1 Å². The third-order valence-corrected chi connectivity index (χ3v) is 4.62. The highest BCUT2D eigenvalue weighted by Gasteiger charge is 2.20. The van der Waals surface area contributed by atoms with Crippen LogP contribution in [-0.4, -0.2) is 49.1 Å². The number of hydrogen-bond donors (Lipinski definition) is 3. The van der Waals surface area contributed by atoms with Gasteiger partial charge >= 0.3 is 5.97 Å². The Balaban J connectivity index is 0.000000310. The Morgan fingerprint density at radius 2 is 1.76 bits per heavy atom. The van der Waals surface area contributed by atoms with E-state index in [4.69, 9.17) is 15.2 Å². The Hall–Kier alpha value is -3.82. The minimum atomic E-state index is -0.779. The highest BCUT2D eigenvalue weighted by atomic mass is 16.5. The van der Waals surface area contributed by atoms with E-state index in [2.05, 4.69) is 15.6 Å². The van der Waals surface area contributed by atoms with Gasteiger partial charge in [0.25, 0.3) is 0 Å². The third-order valence-electron chi connectivity index (χ3n) is 4.62. The lowest BCUT2D eigenvalue weighted by Gasteiger charge is -2.17. The number of carbonyl (C=O) groups excluding carboxylic acids is 3. The molecule has 3 aromatic rings. The summed E-state index contributed by atoms with van der Waals surface area (Å²) in [6.07, 6.45) is 1.71. The number of methoxy groups -OCH3 is 1. The molecule has 1 heterocycles. The number of para-hydroxylation sites is 1. The number of fused-ring (bicyclic) bond motifs is 1. The molecule has 0 bridgehead atoms. The Labute approximate surface area is 198 Å². The molecule has 34 heavy (non-hydrogen) atoms. The number of rotatable bonds is 9. The van der Waals surface area contributed by atoms with Crippen molar-refractivity contribution in [2.45, 2.75) is 26.1 Å². The quantitative estimate of drug-likeness (QED) is 0.409. The van der Waals surface area contributed by atoms with Crippen LogP contribution in [0.3, 0.4) is 0 Å². The molecule has 0 aliphatic carbocycles. The zero-order valence-corrected chi connectivity index (χ0v) is 19.3. The lowest BCUT2D eigenvalue weighted by molar-refractivity contribution is -0.142. The molecule has 4 N–H and O–H groups in total. The van der Waals surface area contributed by atoms with Gasteiger partial charge in [0, 0.05) is 32.2 Å². The number of amides is 2. The zero-order chi connectivity index (χ0) is 24.8. The number of pyridine rings is 1. The van der Waals surface area contributed by atoms with E-state index >= 15 is 0 Å². The third kappa shape index (κ3) is 8.97. The van der Waals surface area contributed by atoms with Crippen LogP contribution in [0, 0.1) is 0 Å². The molecule has 0 spiro atoms. The largest absolute Gasteiger partial charge is 0.461 e. The van der Waals surface area contributed by atoms with Gasteiger partial charge in [-0.15, -0.1) is 0 Å². The number of aromatic nitrogens is 1. The van der Waals surface area contributed by atoms with Gasteiger partial charge in [0.2, 0.25) is 11.8 Å². The number of nitrogens with one attached hydrogen (secondary N) is 2. The molecule has 2 amide bonds. The minimum Gasteiger partial charge on any atom is -0.461 e. The van der Waals surface area contributed by atoms with Crippen molar-refractivity contribution in [3.8, 4) is 0 Å². The van der Waals surface area contributed by atoms with E-state index in [0.717, 1.165) is 22.0 Å². The maximum absolute atomic E-state index is 12.2. The van der Waals surface area contributed by atoms with E-state index in [1.165, 1.54) is 14.0 Å². The van der Waals surface area contributed by atoms with Crippen molar-refractivity contribution in [3.63, 3.8) is 0 Å². The van der Waals surface area contributed by atoms with E-state index in [9.17, 15) is 14.4 Å². The smallest absolute Gasteiger partial charge is 0.302 e. The van der Waals surface area contributed by atoms with Crippen molar-refractivity contribution >= 4 is 28.7 Å². The molecule has 180 valence electrons. The molecule has 0 saturated heterocycles. The fourth-order valence-corrected chi connectivity index (χ4v) is 2.98. The van der Waals surface area contributed by atoms with E-state index < -0.39 is 11.9 Å². The van der Waals surface area contributed by atoms with Gasteiger partial charge < -0.3 is 25.8 Å². The Morgan fingerprint density at radius 1 is 1.03 bits per heavy atom. The molecule has 9 nitrogen and oxygen atoms in total. The molecule has 2 aromatic carbocycles. The van der Waals surface area contributed by atoms with Gasteiger partial charge in [-0.2, -0.15) is 0 Å². The minimum absolute atomic E-state index is 0.0748. The SMILES string of the molecule is CC(=O)OCc1ccccc1.COCC(NC(=O)CN)C(=O)NCc1cccc2cccnc12. The first-order valence-corrected chi connectivity index (χ1v) is 10.7. The van der Waals surface area contributed by atoms with Crippen LogP contribution in [0.25, 0.3) is 10.9 Å². The summed E-state index contributed by atoms with van der Waals surface area (Å²) in [6, 6.07) is 18.4. The Bertz CT molecular complexity index is 1070. The maximum atomic E-state index is 12.2. The molecule has 1 atom stereocenters. The summed E-state index contributed by atoms with van der Waals surface area (Å²) >= 11 is 0. The second-order valence-electron chi connectivity index (χ2n) is 7.26. The summed E-state index contributed by atoms with van der Waals surface area (Å²) in [4.78, 5) is 38.3. The monoisotopic (exact) mass is 466 g/mol. The molecular formula is C25H30N4O5. The van der Waals surface area contributed by atoms with Crippen LogP contribution in [0.15, 0.2) is 66.9 Å². The summed E-state index contributed by atoms with van der Waals surface area (Å²) in [5.41, 5.74) is 8.01. The van der Waals surface area contributed by atoms with Crippen molar-refractivity contribution in [2.24, 2.45) is 5.73 Å². The molecule has 0 fully saturated rings. The number of carbonyl (C=O) groups is 3. The summed E-state index contributed by atoms with van der Waals surface area (Å²) in [5.74, 6) is -0.982. The highest BCUT2D eigenvalue weighted by molar-refractivity contribution is 5.89. The summed E-state index contributed by atoms with van der Waals surface area (Å²) in [5, 5.41) is 6.32. The Morgan fingerprint density at radius 3 is 2.44 bits per heavy atom. The molecule has 0 saturated carbocycles. The summed E-state index contributed by atoms with van der Waals surface area (Å²) in [6.45, 7) is 1.98. The number of nitrogens with zero attached hydrogens (tertiary/aromatic N) is 1. The average molecular weight is 467 g/mol. The normalized spacial score (nSPS) is 11.0. The topological polar surface area (TPSA) is 133 Å². The molecule has 3 rings (SSSR count). The van der Waals surface area contributed by atoms with Crippen LogP contribution < -0.4 is 16.4 Å². The summed E-state index contributed by atoms with van der Waals surface area (Å²) in [7, 11) is 1.46. The second kappa shape index (κ2) is 14.4. The highest BCUT2D eigenvalue weighted by Crippen LogP contribution is 2.15. The number of nitrogens with two attached hydrogens (primary N) is 1. The number of benzene rings is 2. The van der Waals surface area contributed by atoms with Crippen molar-refractivity contribution in [1.29, 1.82) is 0 Å². The predicted octanol–water partition coefficient (Wildman–Crippen LogP) is 1.69. The zero-order valence-electron chi connectivity index (χ0n) is 19.3. The van der Waals surface area contributed by atoms with Crippen LogP contribution in [0.4, 0.5) is 0 Å². The maximum Gasteiger partial charge on any atom is 0.302 e. The van der Waals surface area contributed by atoms with Gasteiger partial charge in [0.1, 0.15) is 12.6 Å². The van der Waals surface area contributed by atoms with E-state index in [1.54, 1.807) is 6.20 Å². The molecule has 0 aliphatic rings. The average Bonchev–Trinajstić information content (AvgIpc) is 2.86. The summed E-state index contributed by atoms with van der Waals surface area (Å²) < 4.78 is 9.75. The molecular weight excluding hydrogens is 436 g/mol.